The molecule has 0 bridgehead atoms. The molecular weight excluding hydrogens is 228 g/mol. The molecule has 0 saturated heterocycles. The first-order valence-corrected chi connectivity index (χ1v) is 8.42. The molecule has 3 heteroatoms. The van der Waals surface area contributed by atoms with Crippen molar-refractivity contribution in [2.45, 2.75) is 52.1 Å². The van der Waals surface area contributed by atoms with E-state index in [1.54, 1.807) is 0 Å². The Balaban J connectivity index is 3.02. The fourth-order valence-corrected chi connectivity index (χ4v) is 4.33. The molecule has 0 aliphatic heterocycles. The Morgan fingerprint density at radius 3 is 2.12 bits per heavy atom. The summed E-state index contributed by atoms with van der Waals surface area (Å²) in [6.45, 7) is 10.3. The largest absolute Gasteiger partial charge is 0.520 e. The van der Waals surface area contributed by atoms with Gasteiger partial charge in [0.05, 0.1) is 0 Å². The van der Waals surface area contributed by atoms with Crippen LogP contribution in [0.1, 0.15) is 40.2 Å². The molecule has 0 aliphatic rings. The second kappa shape index (κ2) is 5.69. The van der Waals surface area contributed by atoms with Crippen LogP contribution in [0.2, 0.25) is 11.1 Å². The van der Waals surface area contributed by atoms with Gasteiger partial charge in [-0.15, -0.1) is 0 Å². The van der Waals surface area contributed by atoms with Gasteiger partial charge in [-0.3, -0.25) is 0 Å². The summed E-state index contributed by atoms with van der Waals surface area (Å²) in [6, 6.07) is 7.99. The SMILES string of the molecule is CCc1ccccc1O[Si](O)(C(C)C)C(C)C. The molecule has 2 nitrogen and oxygen atoms in total. The fraction of sp³-hybridized carbons (Fsp3) is 0.571. The number of para-hydroxylation sites is 1. The van der Waals surface area contributed by atoms with Crippen LogP contribution in [0.3, 0.4) is 0 Å². The van der Waals surface area contributed by atoms with Gasteiger partial charge in [0.15, 0.2) is 0 Å². The zero-order chi connectivity index (χ0) is 13.1. The third-order valence-corrected chi connectivity index (χ3v) is 7.14. The second-order valence-electron chi connectivity index (χ2n) is 5.12. The smallest absolute Gasteiger partial charge is 0.401 e. The molecule has 17 heavy (non-hydrogen) atoms. The highest BCUT2D eigenvalue weighted by Gasteiger charge is 2.43. The Kier molecular flexibility index (Phi) is 4.77. The van der Waals surface area contributed by atoms with Crippen LogP contribution in [0.4, 0.5) is 0 Å². The molecule has 1 rings (SSSR count). The molecule has 0 aliphatic carbocycles. The van der Waals surface area contributed by atoms with Crippen molar-refractivity contribution in [3.05, 3.63) is 29.8 Å². The Hall–Kier alpha value is -0.803. The highest BCUT2D eigenvalue weighted by molar-refractivity contribution is 6.69. The van der Waals surface area contributed by atoms with E-state index in [1.165, 1.54) is 5.56 Å². The summed E-state index contributed by atoms with van der Waals surface area (Å²) in [5, 5.41) is 0. The lowest BCUT2D eigenvalue weighted by Gasteiger charge is -2.33. The molecule has 0 saturated carbocycles. The lowest BCUT2D eigenvalue weighted by atomic mass is 10.1. The van der Waals surface area contributed by atoms with E-state index in [2.05, 4.69) is 13.0 Å². The summed E-state index contributed by atoms with van der Waals surface area (Å²) < 4.78 is 6.04. The highest BCUT2D eigenvalue weighted by atomic mass is 28.4. The van der Waals surface area contributed by atoms with Gasteiger partial charge in [-0.2, -0.15) is 0 Å². The lowest BCUT2D eigenvalue weighted by Crippen LogP contribution is -2.48. The molecule has 0 amide bonds. The molecule has 1 aromatic carbocycles. The van der Waals surface area contributed by atoms with Crippen molar-refractivity contribution in [1.29, 1.82) is 0 Å². The molecule has 96 valence electrons. The minimum atomic E-state index is -2.69. The van der Waals surface area contributed by atoms with Gasteiger partial charge in [0, 0.05) is 11.1 Å². The van der Waals surface area contributed by atoms with Gasteiger partial charge in [-0.25, -0.2) is 0 Å². The van der Waals surface area contributed by atoms with Crippen molar-refractivity contribution in [3.63, 3.8) is 0 Å². The first-order valence-electron chi connectivity index (χ1n) is 6.41. The summed E-state index contributed by atoms with van der Waals surface area (Å²) in [6.07, 6.45) is 0.927. The number of rotatable bonds is 5. The number of hydrogen-bond donors (Lipinski definition) is 1. The monoisotopic (exact) mass is 252 g/mol. The molecule has 0 spiro atoms. The summed E-state index contributed by atoms with van der Waals surface area (Å²) in [5.41, 5.74) is 1.54. The van der Waals surface area contributed by atoms with Crippen molar-refractivity contribution in [3.8, 4) is 5.75 Å². The average Bonchev–Trinajstić information content (AvgIpc) is 2.29. The lowest BCUT2D eigenvalue weighted by molar-refractivity contribution is 0.339. The molecule has 0 unspecified atom stereocenters. The van der Waals surface area contributed by atoms with Crippen molar-refractivity contribution >= 4 is 8.56 Å². The van der Waals surface area contributed by atoms with Crippen molar-refractivity contribution in [1.82, 2.24) is 0 Å². The quantitative estimate of drug-likeness (QED) is 0.806. The molecule has 0 fully saturated rings. The van der Waals surface area contributed by atoms with E-state index in [4.69, 9.17) is 4.43 Å². The molecule has 0 heterocycles. The second-order valence-corrected chi connectivity index (χ2v) is 9.14. The first kappa shape index (κ1) is 14.3. The molecular formula is C14H24O2Si. The van der Waals surface area contributed by atoms with Crippen LogP contribution in [-0.4, -0.2) is 13.4 Å². The molecule has 0 radical (unpaired) electrons. The molecule has 1 aromatic rings. The third kappa shape index (κ3) is 3.10. The predicted octanol–water partition coefficient (Wildman–Crippen LogP) is 3.88. The maximum Gasteiger partial charge on any atom is 0.401 e. The van der Waals surface area contributed by atoms with Crippen LogP contribution in [-0.2, 0) is 6.42 Å². The van der Waals surface area contributed by atoms with E-state index >= 15 is 0 Å². The Labute approximate surface area is 106 Å². The maximum absolute atomic E-state index is 10.8. The Morgan fingerprint density at radius 2 is 1.65 bits per heavy atom. The van der Waals surface area contributed by atoms with E-state index in [1.807, 2.05) is 45.9 Å². The summed E-state index contributed by atoms with van der Waals surface area (Å²) in [5.74, 6) is 0.853. The van der Waals surface area contributed by atoms with Gasteiger partial charge in [0.2, 0.25) is 0 Å². The van der Waals surface area contributed by atoms with Crippen LogP contribution in [0.25, 0.3) is 0 Å². The van der Waals surface area contributed by atoms with Gasteiger partial charge in [0.25, 0.3) is 0 Å². The molecule has 1 N–H and O–H groups in total. The number of hydrogen-bond acceptors (Lipinski definition) is 2. The van der Waals surface area contributed by atoms with E-state index < -0.39 is 8.56 Å². The topological polar surface area (TPSA) is 29.5 Å². The Morgan fingerprint density at radius 1 is 1.12 bits per heavy atom. The Bertz CT molecular complexity index is 353. The molecule has 0 atom stereocenters. The van der Waals surface area contributed by atoms with Gasteiger partial charge in [0.1, 0.15) is 5.75 Å². The maximum atomic E-state index is 10.8. The normalized spacial score (nSPS) is 12.2. The third-order valence-electron chi connectivity index (χ3n) is 3.28. The van der Waals surface area contributed by atoms with Crippen LogP contribution in [0.5, 0.6) is 5.75 Å². The number of benzene rings is 1. The standard InChI is InChI=1S/C14H24O2Si/c1-6-13-9-7-8-10-14(13)16-17(15,11(2)3)12(4)5/h7-12,15H,6H2,1-5H3. The van der Waals surface area contributed by atoms with Crippen LogP contribution in [0, 0.1) is 0 Å². The van der Waals surface area contributed by atoms with Gasteiger partial charge >= 0.3 is 8.56 Å². The minimum Gasteiger partial charge on any atom is -0.520 e. The summed E-state index contributed by atoms with van der Waals surface area (Å²) in [7, 11) is -2.69. The van der Waals surface area contributed by atoms with E-state index in [0.717, 1.165) is 12.2 Å². The predicted molar refractivity (Wildman–Crippen MR) is 74.6 cm³/mol. The van der Waals surface area contributed by atoms with Crippen molar-refractivity contribution in [2.24, 2.45) is 0 Å². The van der Waals surface area contributed by atoms with Gasteiger partial charge < -0.3 is 9.22 Å². The van der Waals surface area contributed by atoms with Gasteiger partial charge in [-0.1, -0.05) is 52.8 Å². The van der Waals surface area contributed by atoms with Crippen LogP contribution < -0.4 is 4.43 Å². The van der Waals surface area contributed by atoms with Gasteiger partial charge in [-0.05, 0) is 18.1 Å². The first-order chi connectivity index (χ1) is 7.91. The van der Waals surface area contributed by atoms with E-state index in [-0.39, 0.29) is 11.1 Å². The van der Waals surface area contributed by atoms with Crippen molar-refractivity contribution < 1.29 is 9.22 Å². The summed E-state index contributed by atoms with van der Waals surface area (Å²) in [4.78, 5) is 10.8. The van der Waals surface area contributed by atoms with Crippen LogP contribution >= 0.6 is 0 Å². The van der Waals surface area contributed by atoms with Crippen molar-refractivity contribution in [2.75, 3.05) is 0 Å². The zero-order valence-corrected chi connectivity index (χ0v) is 12.5. The zero-order valence-electron chi connectivity index (χ0n) is 11.5. The highest BCUT2D eigenvalue weighted by Crippen LogP contribution is 2.33. The molecule has 0 aromatic heterocycles. The van der Waals surface area contributed by atoms with E-state index in [0.29, 0.717) is 0 Å². The number of aryl methyl sites for hydroxylation is 1. The minimum absolute atomic E-state index is 0.187. The van der Waals surface area contributed by atoms with E-state index in [9.17, 15) is 4.80 Å². The average molecular weight is 252 g/mol. The summed E-state index contributed by atoms with van der Waals surface area (Å²) >= 11 is 0. The van der Waals surface area contributed by atoms with Crippen LogP contribution in [0.15, 0.2) is 24.3 Å². The fourth-order valence-electron chi connectivity index (χ4n) is 1.97.